The van der Waals surface area contributed by atoms with Gasteiger partial charge in [-0.05, 0) is 43.2 Å². The number of rotatable bonds is 4. The minimum atomic E-state index is 0.166. The smallest absolute Gasteiger partial charge is 0.207 e. The SMILES string of the molecule is Cc1ccsc1C1C=C(N)ON1C(C)CC(C)C. The first-order valence-electron chi connectivity index (χ1n) is 6.46. The minimum Gasteiger partial charge on any atom is -0.387 e. The molecule has 100 valence electrons. The molecule has 0 bridgehead atoms. The quantitative estimate of drug-likeness (QED) is 0.905. The monoisotopic (exact) mass is 266 g/mol. The number of nitrogens with two attached hydrogens (primary N) is 1. The molecule has 2 heterocycles. The third-order valence-corrected chi connectivity index (χ3v) is 4.31. The molecule has 2 N–H and O–H groups in total. The molecule has 1 aromatic rings. The van der Waals surface area contributed by atoms with Crippen molar-refractivity contribution in [3.05, 3.63) is 33.8 Å². The van der Waals surface area contributed by atoms with E-state index < -0.39 is 0 Å². The van der Waals surface area contributed by atoms with Crippen LogP contribution in [0.25, 0.3) is 0 Å². The van der Waals surface area contributed by atoms with Crippen molar-refractivity contribution in [2.45, 2.75) is 46.2 Å². The van der Waals surface area contributed by atoms with Crippen LogP contribution in [0, 0.1) is 12.8 Å². The highest BCUT2D eigenvalue weighted by molar-refractivity contribution is 7.10. The highest BCUT2D eigenvalue weighted by Crippen LogP contribution is 2.37. The van der Waals surface area contributed by atoms with Gasteiger partial charge in [0.2, 0.25) is 5.88 Å². The van der Waals surface area contributed by atoms with E-state index >= 15 is 0 Å². The summed E-state index contributed by atoms with van der Waals surface area (Å²) < 4.78 is 0. The Kier molecular flexibility index (Phi) is 3.97. The molecule has 2 rings (SSSR count). The summed E-state index contributed by atoms with van der Waals surface area (Å²) in [6.45, 7) is 8.80. The van der Waals surface area contributed by atoms with Gasteiger partial charge < -0.3 is 10.6 Å². The van der Waals surface area contributed by atoms with Crippen LogP contribution in [0.2, 0.25) is 0 Å². The van der Waals surface area contributed by atoms with E-state index in [0.29, 0.717) is 17.8 Å². The van der Waals surface area contributed by atoms with Crippen LogP contribution in [-0.2, 0) is 4.84 Å². The van der Waals surface area contributed by atoms with E-state index in [0.717, 1.165) is 6.42 Å². The second-order valence-electron chi connectivity index (χ2n) is 5.41. The fourth-order valence-corrected chi connectivity index (χ4v) is 3.45. The summed E-state index contributed by atoms with van der Waals surface area (Å²) in [4.78, 5) is 7.02. The Morgan fingerprint density at radius 2 is 2.17 bits per heavy atom. The molecule has 0 radical (unpaired) electrons. The Morgan fingerprint density at radius 3 is 2.72 bits per heavy atom. The van der Waals surface area contributed by atoms with E-state index in [2.05, 4.69) is 39.1 Å². The molecule has 0 aliphatic carbocycles. The Morgan fingerprint density at radius 1 is 1.44 bits per heavy atom. The van der Waals surface area contributed by atoms with Gasteiger partial charge in [0.05, 0.1) is 0 Å². The number of hydrogen-bond acceptors (Lipinski definition) is 4. The van der Waals surface area contributed by atoms with Crippen LogP contribution in [0.3, 0.4) is 0 Å². The van der Waals surface area contributed by atoms with Gasteiger partial charge in [0.1, 0.15) is 6.04 Å². The zero-order chi connectivity index (χ0) is 13.3. The Labute approximate surface area is 113 Å². The molecule has 2 unspecified atom stereocenters. The van der Waals surface area contributed by atoms with Crippen molar-refractivity contribution < 1.29 is 4.84 Å². The van der Waals surface area contributed by atoms with E-state index in [1.54, 1.807) is 11.3 Å². The normalized spacial score (nSPS) is 22.1. The molecule has 18 heavy (non-hydrogen) atoms. The number of hydrogen-bond donors (Lipinski definition) is 1. The third kappa shape index (κ3) is 2.70. The molecular formula is C14H22N2OS. The van der Waals surface area contributed by atoms with E-state index in [1.165, 1.54) is 10.4 Å². The van der Waals surface area contributed by atoms with Crippen LogP contribution in [0.4, 0.5) is 0 Å². The standard InChI is InChI=1S/C14H22N2OS/c1-9(2)7-11(4)16-12(8-13(15)17-16)14-10(3)5-6-18-14/h5-6,8-9,11-12H,7,15H2,1-4H3. The van der Waals surface area contributed by atoms with Crippen LogP contribution >= 0.6 is 11.3 Å². The number of nitrogens with zero attached hydrogens (tertiary/aromatic N) is 1. The fraction of sp³-hybridized carbons (Fsp3) is 0.571. The first-order valence-corrected chi connectivity index (χ1v) is 7.34. The minimum absolute atomic E-state index is 0.166. The van der Waals surface area contributed by atoms with Crippen LogP contribution in [-0.4, -0.2) is 11.1 Å². The topological polar surface area (TPSA) is 38.5 Å². The summed E-state index contributed by atoms with van der Waals surface area (Å²) in [6, 6.07) is 2.67. The van der Waals surface area contributed by atoms with E-state index in [1.807, 2.05) is 11.1 Å². The Balaban J connectivity index is 2.19. The molecule has 1 aliphatic rings. The zero-order valence-electron chi connectivity index (χ0n) is 11.5. The van der Waals surface area contributed by atoms with Crippen molar-refractivity contribution in [2.24, 2.45) is 11.7 Å². The molecule has 2 atom stereocenters. The number of hydroxylamine groups is 2. The molecule has 0 saturated heterocycles. The summed E-state index contributed by atoms with van der Waals surface area (Å²) in [5.41, 5.74) is 7.15. The fourth-order valence-electron chi connectivity index (χ4n) is 2.47. The number of thiophene rings is 1. The van der Waals surface area contributed by atoms with Crippen LogP contribution < -0.4 is 5.73 Å². The maximum atomic E-state index is 5.84. The van der Waals surface area contributed by atoms with E-state index in [4.69, 9.17) is 10.6 Å². The first kappa shape index (κ1) is 13.4. The summed E-state index contributed by atoms with van der Waals surface area (Å²) in [5, 5.41) is 4.16. The lowest BCUT2D eigenvalue weighted by molar-refractivity contribution is -0.150. The van der Waals surface area contributed by atoms with E-state index in [9.17, 15) is 0 Å². The van der Waals surface area contributed by atoms with Crippen molar-refractivity contribution in [2.75, 3.05) is 0 Å². The molecule has 0 saturated carbocycles. The summed E-state index contributed by atoms with van der Waals surface area (Å²) in [7, 11) is 0. The Hall–Kier alpha value is -1.00. The molecule has 0 amide bonds. The number of aryl methyl sites for hydroxylation is 1. The maximum Gasteiger partial charge on any atom is 0.207 e. The summed E-state index contributed by atoms with van der Waals surface area (Å²) in [6.07, 6.45) is 3.11. The third-order valence-electron chi connectivity index (χ3n) is 3.22. The van der Waals surface area contributed by atoms with Gasteiger partial charge in [0.25, 0.3) is 0 Å². The molecule has 3 nitrogen and oxygen atoms in total. The molecule has 0 fully saturated rings. The largest absolute Gasteiger partial charge is 0.387 e. The second-order valence-corrected chi connectivity index (χ2v) is 6.36. The van der Waals surface area contributed by atoms with Crippen molar-refractivity contribution in [1.29, 1.82) is 0 Å². The van der Waals surface area contributed by atoms with Crippen molar-refractivity contribution in [3.63, 3.8) is 0 Å². The summed E-state index contributed by atoms with van der Waals surface area (Å²) in [5.74, 6) is 1.17. The van der Waals surface area contributed by atoms with Crippen molar-refractivity contribution in [1.82, 2.24) is 5.06 Å². The van der Waals surface area contributed by atoms with Crippen LogP contribution in [0.15, 0.2) is 23.4 Å². The molecule has 1 aromatic heterocycles. The van der Waals surface area contributed by atoms with Crippen molar-refractivity contribution in [3.8, 4) is 0 Å². The molecule has 1 aliphatic heterocycles. The predicted molar refractivity (Wildman–Crippen MR) is 75.9 cm³/mol. The first-order chi connectivity index (χ1) is 8.49. The average Bonchev–Trinajstić information content (AvgIpc) is 2.83. The maximum absolute atomic E-state index is 5.84. The lowest BCUT2D eigenvalue weighted by Gasteiger charge is -2.29. The highest BCUT2D eigenvalue weighted by atomic mass is 32.1. The van der Waals surface area contributed by atoms with Crippen molar-refractivity contribution >= 4 is 11.3 Å². The van der Waals surface area contributed by atoms with Crippen LogP contribution in [0.1, 0.15) is 43.7 Å². The van der Waals surface area contributed by atoms with Gasteiger partial charge in [-0.3, -0.25) is 0 Å². The van der Waals surface area contributed by atoms with E-state index in [-0.39, 0.29) is 6.04 Å². The molecule has 0 aromatic carbocycles. The lowest BCUT2D eigenvalue weighted by Crippen LogP contribution is -2.33. The zero-order valence-corrected chi connectivity index (χ0v) is 12.3. The predicted octanol–water partition coefficient (Wildman–Crippen LogP) is 3.58. The Bertz CT molecular complexity index is 439. The highest BCUT2D eigenvalue weighted by Gasteiger charge is 2.33. The van der Waals surface area contributed by atoms with Gasteiger partial charge in [-0.15, -0.1) is 16.4 Å². The van der Waals surface area contributed by atoms with Crippen LogP contribution in [0.5, 0.6) is 0 Å². The van der Waals surface area contributed by atoms with Gasteiger partial charge in [-0.25, -0.2) is 0 Å². The van der Waals surface area contributed by atoms with Gasteiger partial charge >= 0.3 is 0 Å². The molecular weight excluding hydrogens is 244 g/mol. The van der Waals surface area contributed by atoms with Gasteiger partial charge in [-0.1, -0.05) is 13.8 Å². The second kappa shape index (κ2) is 5.33. The van der Waals surface area contributed by atoms with Gasteiger partial charge in [-0.2, -0.15) is 0 Å². The van der Waals surface area contributed by atoms with Gasteiger partial charge in [0.15, 0.2) is 0 Å². The van der Waals surface area contributed by atoms with Gasteiger partial charge in [0, 0.05) is 17.0 Å². The summed E-state index contributed by atoms with van der Waals surface area (Å²) >= 11 is 1.77. The average molecular weight is 266 g/mol. The molecule has 4 heteroatoms. The molecule has 0 spiro atoms. The lowest BCUT2D eigenvalue weighted by atomic mass is 10.0.